The van der Waals surface area contributed by atoms with E-state index in [9.17, 15) is 9.59 Å². The lowest BCUT2D eigenvalue weighted by Crippen LogP contribution is -2.21. The zero-order valence-electron chi connectivity index (χ0n) is 23.5. The minimum Gasteiger partial charge on any atom is -0.336 e. The van der Waals surface area contributed by atoms with E-state index in [1.165, 1.54) is 4.57 Å². The molecule has 5 aromatic rings. The molecule has 0 spiro atoms. The van der Waals surface area contributed by atoms with Crippen LogP contribution in [0.2, 0.25) is 0 Å². The van der Waals surface area contributed by atoms with Crippen LogP contribution in [-0.4, -0.2) is 20.4 Å². The Labute approximate surface area is 240 Å². The fourth-order valence-corrected chi connectivity index (χ4v) is 4.80. The number of benzene rings is 3. The largest absolute Gasteiger partial charge is 0.336 e. The highest BCUT2D eigenvalue weighted by Crippen LogP contribution is 2.29. The van der Waals surface area contributed by atoms with Crippen LogP contribution in [-0.2, 0) is 13.5 Å². The van der Waals surface area contributed by atoms with Gasteiger partial charge in [-0.3, -0.25) is 14.6 Å². The molecule has 0 fully saturated rings. The van der Waals surface area contributed by atoms with Gasteiger partial charge in [0.05, 0.1) is 5.69 Å². The van der Waals surface area contributed by atoms with Crippen molar-refractivity contribution in [1.82, 2.24) is 14.5 Å². The minimum atomic E-state index is -0.240. The lowest BCUT2D eigenvalue weighted by Gasteiger charge is -2.15. The Morgan fingerprint density at radius 1 is 0.927 bits per heavy atom. The summed E-state index contributed by atoms with van der Waals surface area (Å²) in [4.78, 5) is 35.1. The van der Waals surface area contributed by atoms with Gasteiger partial charge in [-0.1, -0.05) is 61.9 Å². The molecule has 41 heavy (non-hydrogen) atoms. The Morgan fingerprint density at radius 3 is 2.49 bits per heavy atom. The fourth-order valence-electron chi connectivity index (χ4n) is 4.80. The van der Waals surface area contributed by atoms with Gasteiger partial charge in [0, 0.05) is 48.1 Å². The Hall–Kier alpha value is -5.04. The van der Waals surface area contributed by atoms with Gasteiger partial charge in [0.25, 0.3) is 11.5 Å². The molecule has 2 aromatic heterocycles. The van der Waals surface area contributed by atoms with Crippen molar-refractivity contribution in [1.29, 1.82) is 0 Å². The molecular formula is C34H33N5O2. The molecule has 0 aliphatic rings. The maximum atomic E-state index is 13.3. The van der Waals surface area contributed by atoms with Crippen LogP contribution in [0.15, 0.2) is 102 Å². The number of nitrogens with zero attached hydrogens (tertiary/aromatic N) is 3. The van der Waals surface area contributed by atoms with Gasteiger partial charge in [-0.05, 0) is 72.4 Å². The van der Waals surface area contributed by atoms with Crippen molar-refractivity contribution < 1.29 is 4.79 Å². The molecule has 0 saturated heterocycles. The van der Waals surface area contributed by atoms with E-state index in [0.29, 0.717) is 16.9 Å². The number of rotatable bonds is 9. The van der Waals surface area contributed by atoms with Gasteiger partial charge >= 0.3 is 0 Å². The Bertz CT molecular complexity index is 1730. The second-order valence-corrected chi connectivity index (χ2v) is 10.0. The fraction of sp³-hybridized carbons (Fsp3) is 0.176. The summed E-state index contributed by atoms with van der Waals surface area (Å²) in [5, 5.41) is 6.28. The van der Waals surface area contributed by atoms with Gasteiger partial charge in [-0.15, -0.1) is 0 Å². The van der Waals surface area contributed by atoms with Crippen LogP contribution in [0.4, 0.5) is 17.2 Å². The van der Waals surface area contributed by atoms with Crippen molar-refractivity contribution in [2.24, 2.45) is 7.05 Å². The molecule has 0 radical (unpaired) electrons. The lowest BCUT2D eigenvalue weighted by molar-refractivity contribution is 0.102. The number of aryl methyl sites for hydroxylation is 2. The van der Waals surface area contributed by atoms with Gasteiger partial charge in [-0.25, -0.2) is 4.98 Å². The summed E-state index contributed by atoms with van der Waals surface area (Å²) in [5.74, 6) is 0.0836. The number of nitrogens with one attached hydrogen (secondary N) is 2. The van der Waals surface area contributed by atoms with E-state index in [1.54, 1.807) is 19.4 Å². The standard InChI is InChI=1S/C34H33N5O2/c1-4-5-10-25-11-6-7-13-29(25)33(40)38-30-15-8-14-28(23(30)2)31-22-39(3)34(41)32(37-31)36-27-18-16-24(17-19-27)26-12-9-20-35-21-26/h6-9,11-22H,4-5,10H2,1-3H3,(H,36,37)(H,38,40). The summed E-state index contributed by atoms with van der Waals surface area (Å²) in [6, 6.07) is 25.1. The molecular weight excluding hydrogens is 510 g/mol. The normalized spacial score (nSPS) is 10.8. The third-order valence-electron chi connectivity index (χ3n) is 7.13. The zero-order chi connectivity index (χ0) is 28.8. The highest BCUT2D eigenvalue weighted by atomic mass is 16.1. The summed E-state index contributed by atoms with van der Waals surface area (Å²) < 4.78 is 1.52. The number of pyridine rings is 1. The molecule has 0 saturated carbocycles. The van der Waals surface area contributed by atoms with E-state index in [1.807, 2.05) is 92.0 Å². The van der Waals surface area contributed by atoms with Gasteiger partial charge in [0.15, 0.2) is 5.82 Å². The predicted octanol–water partition coefficient (Wildman–Crippen LogP) is 7.16. The monoisotopic (exact) mass is 543 g/mol. The van der Waals surface area contributed by atoms with Gasteiger partial charge < -0.3 is 15.2 Å². The summed E-state index contributed by atoms with van der Waals surface area (Å²) in [6.45, 7) is 4.09. The Balaban J connectivity index is 1.41. The maximum absolute atomic E-state index is 13.3. The number of anilines is 3. The SMILES string of the molecule is CCCCc1ccccc1C(=O)Nc1cccc(-c2cn(C)c(=O)c(Nc3ccc(-c4cccnc4)cc3)n2)c1C. The van der Waals surface area contributed by atoms with Gasteiger partial charge in [0.2, 0.25) is 0 Å². The molecule has 206 valence electrons. The number of amides is 1. The Morgan fingerprint density at radius 2 is 1.73 bits per heavy atom. The number of carbonyl (C=O) groups is 1. The molecule has 5 rings (SSSR count). The summed E-state index contributed by atoms with van der Waals surface area (Å²) in [7, 11) is 1.71. The van der Waals surface area contributed by atoms with Gasteiger partial charge in [-0.2, -0.15) is 0 Å². The molecule has 1 amide bonds. The van der Waals surface area contributed by atoms with Crippen LogP contribution in [0.3, 0.4) is 0 Å². The topological polar surface area (TPSA) is 88.9 Å². The summed E-state index contributed by atoms with van der Waals surface area (Å²) >= 11 is 0. The van der Waals surface area contributed by atoms with Crippen LogP contribution in [0.1, 0.15) is 41.3 Å². The molecule has 2 N–H and O–H groups in total. The first kappa shape index (κ1) is 27.5. The number of hydrogen-bond donors (Lipinski definition) is 2. The molecule has 0 aliphatic heterocycles. The van der Waals surface area contributed by atoms with Gasteiger partial charge in [0.1, 0.15) is 0 Å². The van der Waals surface area contributed by atoms with E-state index < -0.39 is 0 Å². The van der Waals surface area contributed by atoms with Crippen LogP contribution in [0.25, 0.3) is 22.4 Å². The summed E-state index contributed by atoms with van der Waals surface area (Å²) in [6.07, 6.45) is 8.23. The van der Waals surface area contributed by atoms with Crippen molar-refractivity contribution in [2.45, 2.75) is 33.1 Å². The molecule has 2 heterocycles. The molecule has 7 nitrogen and oxygen atoms in total. The van der Waals surface area contributed by atoms with E-state index in [-0.39, 0.29) is 17.3 Å². The average Bonchev–Trinajstić information content (AvgIpc) is 3.00. The van der Waals surface area contributed by atoms with Crippen LogP contribution in [0, 0.1) is 6.92 Å². The van der Waals surface area contributed by atoms with Crippen LogP contribution in [0.5, 0.6) is 0 Å². The third kappa shape index (κ3) is 6.25. The average molecular weight is 544 g/mol. The van der Waals surface area contributed by atoms with Crippen molar-refractivity contribution in [2.75, 3.05) is 10.6 Å². The first-order chi connectivity index (χ1) is 19.9. The van der Waals surface area contributed by atoms with Crippen molar-refractivity contribution in [3.05, 3.63) is 124 Å². The molecule has 0 aliphatic carbocycles. The highest BCUT2D eigenvalue weighted by molar-refractivity contribution is 6.06. The zero-order valence-corrected chi connectivity index (χ0v) is 23.5. The number of hydrogen-bond acceptors (Lipinski definition) is 5. The molecule has 0 atom stereocenters. The number of unbranched alkanes of at least 4 members (excludes halogenated alkanes) is 1. The lowest BCUT2D eigenvalue weighted by atomic mass is 10.0. The highest BCUT2D eigenvalue weighted by Gasteiger charge is 2.16. The van der Waals surface area contributed by atoms with Crippen molar-refractivity contribution >= 4 is 23.1 Å². The number of carbonyl (C=O) groups excluding carboxylic acids is 1. The summed E-state index contributed by atoms with van der Waals surface area (Å²) in [5.41, 5.74) is 7.30. The molecule has 3 aromatic carbocycles. The van der Waals surface area contributed by atoms with Crippen LogP contribution < -0.4 is 16.2 Å². The van der Waals surface area contributed by atoms with E-state index >= 15 is 0 Å². The third-order valence-corrected chi connectivity index (χ3v) is 7.13. The predicted molar refractivity (Wildman–Crippen MR) is 166 cm³/mol. The first-order valence-electron chi connectivity index (χ1n) is 13.8. The smallest absolute Gasteiger partial charge is 0.293 e. The maximum Gasteiger partial charge on any atom is 0.293 e. The first-order valence-corrected chi connectivity index (χ1v) is 13.8. The quantitative estimate of drug-likeness (QED) is 0.206. The van der Waals surface area contributed by atoms with E-state index in [2.05, 4.69) is 22.5 Å². The second kappa shape index (κ2) is 12.4. The van der Waals surface area contributed by atoms with E-state index in [0.717, 1.165) is 52.8 Å². The minimum absolute atomic E-state index is 0.137. The Kier molecular flexibility index (Phi) is 8.34. The van der Waals surface area contributed by atoms with Crippen LogP contribution >= 0.6 is 0 Å². The molecule has 0 unspecified atom stereocenters. The van der Waals surface area contributed by atoms with Crippen molar-refractivity contribution in [3.8, 4) is 22.4 Å². The molecule has 7 heteroatoms. The van der Waals surface area contributed by atoms with E-state index in [4.69, 9.17) is 4.98 Å². The van der Waals surface area contributed by atoms with Crippen molar-refractivity contribution in [3.63, 3.8) is 0 Å². The second-order valence-electron chi connectivity index (χ2n) is 10.0. The molecule has 0 bridgehead atoms. The number of aromatic nitrogens is 3.